The average Bonchev–Trinajstić information content (AvgIpc) is 2.14. The Hall–Kier alpha value is -1.36. The Morgan fingerprint density at radius 1 is 1.69 bits per heavy atom. The van der Waals surface area contributed by atoms with Crippen LogP contribution >= 0.6 is 0 Å². The molecule has 72 valence electrons. The van der Waals surface area contributed by atoms with Crippen molar-refractivity contribution < 1.29 is 4.74 Å². The van der Waals surface area contributed by atoms with Crippen LogP contribution in [0.1, 0.15) is 0 Å². The summed E-state index contributed by atoms with van der Waals surface area (Å²) >= 11 is 0. The van der Waals surface area contributed by atoms with Gasteiger partial charge in [-0.1, -0.05) is 0 Å². The maximum Gasteiger partial charge on any atom is 0.252 e. The third-order valence-electron chi connectivity index (χ3n) is 1.69. The third-order valence-corrected chi connectivity index (χ3v) is 1.69. The van der Waals surface area contributed by atoms with E-state index in [1.54, 1.807) is 7.11 Å². The van der Waals surface area contributed by atoms with Crippen molar-refractivity contribution in [2.75, 3.05) is 32.2 Å². The van der Waals surface area contributed by atoms with Crippen LogP contribution < -0.4 is 10.5 Å². The Bertz CT molecular complexity index is 310. The van der Waals surface area contributed by atoms with Gasteiger partial charge in [0.05, 0.1) is 12.9 Å². The van der Waals surface area contributed by atoms with Crippen LogP contribution in [0.5, 0.6) is 0 Å². The summed E-state index contributed by atoms with van der Waals surface area (Å²) in [6.07, 6.45) is 1.39. The first kappa shape index (κ1) is 9.73. The molecule has 13 heavy (non-hydrogen) atoms. The van der Waals surface area contributed by atoms with Crippen LogP contribution in [0.15, 0.2) is 17.2 Å². The molecule has 0 aliphatic heterocycles. The zero-order valence-electron chi connectivity index (χ0n) is 7.78. The first-order valence-corrected chi connectivity index (χ1v) is 3.99. The van der Waals surface area contributed by atoms with Gasteiger partial charge in [0, 0.05) is 26.8 Å². The molecule has 5 heteroatoms. The highest BCUT2D eigenvalue weighted by atomic mass is 16.5. The Kier molecular flexibility index (Phi) is 3.45. The van der Waals surface area contributed by atoms with Gasteiger partial charge in [-0.15, -0.1) is 0 Å². The highest BCUT2D eigenvalue weighted by Crippen LogP contribution is 2.01. The number of anilines is 1. The minimum absolute atomic E-state index is 0.144. The number of hydrogen-bond acceptors (Lipinski definition) is 4. The van der Waals surface area contributed by atoms with Crippen LogP contribution in [0.4, 0.5) is 5.82 Å². The summed E-state index contributed by atoms with van der Waals surface area (Å²) in [6, 6.07) is 1.45. The van der Waals surface area contributed by atoms with Crippen molar-refractivity contribution in [3.8, 4) is 0 Å². The van der Waals surface area contributed by atoms with E-state index in [1.807, 2.05) is 11.9 Å². The summed E-state index contributed by atoms with van der Waals surface area (Å²) in [7, 11) is 3.50. The largest absolute Gasteiger partial charge is 0.383 e. The van der Waals surface area contributed by atoms with Gasteiger partial charge < -0.3 is 14.6 Å². The van der Waals surface area contributed by atoms with Gasteiger partial charge in [0.2, 0.25) is 0 Å². The Labute approximate surface area is 76.4 Å². The summed E-state index contributed by atoms with van der Waals surface area (Å²) < 4.78 is 4.91. The molecule has 0 spiro atoms. The summed E-state index contributed by atoms with van der Waals surface area (Å²) in [5, 5.41) is 0. The molecule has 1 aromatic rings. The maximum absolute atomic E-state index is 10.9. The van der Waals surface area contributed by atoms with E-state index in [-0.39, 0.29) is 5.56 Å². The van der Waals surface area contributed by atoms with Gasteiger partial charge in [-0.25, -0.2) is 4.98 Å². The molecule has 0 unspecified atom stereocenters. The van der Waals surface area contributed by atoms with Gasteiger partial charge in [0.25, 0.3) is 5.56 Å². The van der Waals surface area contributed by atoms with E-state index < -0.39 is 0 Å². The lowest BCUT2D eigenvalue weighted by atomic mass is 10.5. The van der Waals surface area contributed by atoms with Crippen LogP contribution in [0, 0.1) is 0 Å². The van der Waals surface area contributed by atoms with Crippen molar-refractivity contribution in [2.45, 2.75) is 0 Å². The van der Waals surface area contributed by atoms with Crippen LogP contribution in [0.2, 0.25) is 0 Å². The zero-order chi connectivity index (χ0) is 9.68. The number of methoxy groups -OCH3 is 1. The second-order valence-electron chi connectivity index (χ2n) is 2.68. The van der Waals surface area contributed by atoms with E-state index in [0.717, 1.165) is 0 Å². The summed E-state index contributed by atoms with van der Waals surface area (Å²) in [6.45, 7) is 1.33. The van der Waals surface area contributed by atoms with Gasteiger partial charge in [0.15, 0.2) is 0 Å². The lowest BCUT2D eigenvalue weighted by molar-refractivity contribution is 0.206. The van der Waals surface area contributed by atoms with Crippen LogP contribution in [0.25, 0.3) is 0 Å². The van der Waals surface area contributed by atoms with Crippen LogP contribution in [0.3, 0.4) is 0 Å². The molecule has 0 saturated carbocycles. The quantitative estimate of drug-likeness (QED) is 0.705. The molecule has 0 fully saturated rings. The van der Waals surface area contributed by atoms with Crippen molar-refractivity contribution >= 4 is 5.82 Å². The van der Waals surface area contributed by atoms with E-state index in [4.69, 9.17) is 4.74 Å². The Morgan fingerprint density at radius 2 is 2.46 bits per heavy atom. The molecule has 0 aliphatic carbocycles. The normalized spacial score (nSPS) is 10.0. The smallest absolute Gasteiger partial charge is 0.252 e. The lowest BCUT2D eigenvalue weighted by Gasteiger charge is -2.16. The summed E-state index contributed by atoms with van der Waals surface area (Å²) in [5.74, 6) is 0.654. The highest BCUT2D eigenvalue weighted by Gasteiger charge is 2.01. The zero-order valence-corrected chi connectivity index (χ0v) is 7.78. The molecular formula is C8H13N3O2. The number of likely N-dealkylation sites (N-methyl/N-ethyl adjacent to an activating group) is 1. The predicted octanol–water partition coefficient (Wildman–Crippen LogP) is -0.147. The standard InChI is InChI=1S/C8H13N3O2/c1-11(3-4-13-2)7-5-8(12)10-6-9-7/h5-6H,3-4H2,1-2H3,(H,9,10,12). The maximum atomic E-state index is 10.9. The van der Waals surface area contributed by atoms with Gasteiger partial charge >= 0.3 is 0 Å². The predicted molar refractivity (Wildman–Crippen MR) is 50.0 cm³/mol. The molecule has 5 nitrogen and oxygen atoms in total. The number of H-pyrrole nitrogens is 1. The van der Waals surface area contributed by atoms with Crippen molar-refractivity contribution in [1.82, 2.24) is 9.97 Å². The number of hydrogen-bond donors (Lipinski definition) is 1. The molecule has 1 aromatic heterocycles. The SMILES string of the molecule is COCCN(C)c1cc(=O)[nH]cn1. The average molecular weight is 183 g/mol. The fourth-order valence-electron chi connectivity index (χ4n) is 0.910. The minimum atomic E-state index is -0.144. The van der Waals surface area contributed by atoms with Gasteiger partial charge in [0.1, 0.15) is 5.82 Å². The topological polar surface area (TPSA) is 58.2 Å². The third kappa shape index (κ3) is 2.87. The Morgan fingerprint density at radius 3 is 3.08 bits per heavy atom. The van der Waals surface area contributed by atoms with Crippen molar-refractivity contribution in [1.29, 1.82) is 0 Å². The molecule has 1 N–H and O–H groups in total. The van der Waals surface area contributed by atoms with E-state index in [1.165, 1.54) is 12.4 Å². The van der Waals surface area contributed by atoms with Crippen LogP contribution in [-0.4, -0.2) is 37.3 Å². The molecule has 0 aliphatic rings. The number of nitrogens with zero attached hydrogens (tertiary/aromatic N) is 2. The van der Waals surface area contributed by atoms with E-state index in [2.05, 4.69) is 9.97 Å². The minimum Gasteiger partial charge on any atom is -0.383 e. The molecule has 1 heterocycles. The molecule has 0 amide bonds. The van der Waals surface area contributed by atoms with E-state index in [0.29, 0.717) is 19.0 Å². The fraction of sp³-hybridized carbons (Fsp3) is 0.500. The molecule has 0 radical (unpaired) electrons. The molecule has 0 saturated heterocycles. The lowest BCUT2D eigenvalue weighted by Crippen LogP contribution is -2.24. The van der Waals surface area contributed by atoms with Crippen molar-refractivity contribution in [3.05, 3.63) is 22.7 Å². The number of rotatable bonds is 4. The number of aromatic amines is 1. The van der Waals surface area contributed by atoms with Gasteiger partial charge in [-0.2, -0.15) is 0 Å². The second-order valence-corrected chi connectivity index (χ2v) is 2.68. The Balaban J connectivity index is 2.65. The van der Waals surface area contributed by atoms with Crippen molar-refractivity contribution in [3.63, 3.8) is 0 Å². The molecule has 0 aromatic carbocycles. The summed E-state index contributed by atoms with van der Waals surface area (Å²) in [5.41, 5.74) is -0.144. The number of nitrogens with one attached hydrogen (secondary N) is 1. The molecule has 1 rings (SSSR count). The first-order valence-electron chi connectivity index (χ1n) is 3.99. The van der Waals surface area contributed by atoms with Gasteiger partial charge in [-0.3, -0.25) is 4.79 Å². The van der Waals surface area contributed by atoms with Gasteiger partial charge in [-0.05, 0) is 0 Å². The molecular weight excluding hydrogens is 170 g/mol. The highest BCUT2D eigenvalue weighted by molar-refractivity contribution is 5.34. The number of aromatic nitrogens is 2. The van der Waals surface area contributed by atoms with E-state index >= 15 is 0 Å². The summed E-state index contributed by atoms with van der Waals surface area (Å²) in [4.78, 5) is 19.2. The molecule has 0 bridgehead atoms. The monoisotopic (exact) mass is 183 g/mol. The first-order chi connectivity index (χ1) is 6.24. The van der Waals surface area contributed by atoms with E-state index in [9.17, 15) is 4.79 Å². The van der Waals surface area contributed by atoms with Crippen LogP contribution in [-0.2, 0) is 4.74 Å². The van der Waals surface area contributed by atoms with Crippen molar-refractivity contribution in [2.24, 2.45) is 0 Å². The number of ether oxygens (including phenoxy) is 1. The second kappa shape index (κ2) is 4.61. The molecule has 0 atom stereocenters. The fourth-order valence-corrected chi connectivity index (χ4v) is 0.910.